The predicted octanol–water partition coefficient (Wildman–Crippen LogP) is 3.79. The maximum atomic E-state index is 12.7. The highest BCUT2D eigenvalue weighted by atomic mass is 19.4. The summed E-state index contributed by atoms with van der Waals surface area (Å²) in [6, 6.07) is 3.91. The fraction of sp³-hybridized carbons (Fsp3) is 0.600. The molecule has 2 rings (SSSR count). The fourth-order valence-corrected chi connectivity index (χ4v) is 2.74. The van der Waals surface area contributed by atoms with Gasteiger partial charge in [0.15, 0.2) is 0 Å². The molecule has 2 N–H and O–H groups in total. The highest BCUT2D eigenvalue weighted by Gasteiger charge is 2.31. The first kappa shape index (κ1) is 15.2. The SMILES string of the molecule is CC1CCCN(c2ccc(C(F)(F)F)cc2CN)CC1. The zero-order valence-corrected chi connectivity index (χ0v) is 11.7. The largest absolute Gasteiger partial charge is 0.416 e. The van der Waals surface area contributed by atoms with Gasteiger partial charge in [0.1, 0.15) is 0 Å². The second-order valence-electron chi connectivity index (χ2n) is 5.57. The molecular formula is C15H21F3N2. The minimum absolute atomic E-state index is 0.130. The minimum atomic E-state index is -4.31. The lowest BCUT2D eigenvalue weighted by Crippen LogP contribution is -2.26. The molecule has 1 unspecified atom stereocenters. The molecule has 1 fully saturated rings. The Bertz CT molecular complexity index is 457. The van der Waals surface area contributed by atoms with Crippen molar-refractivity contribution >= 4 is 5.69 Å². The summed E-state index contributed by atoms with van der Waals surface area (Å²) in [5.41, 5.74) is 6.46. The maximum absolute atomic E-state index is 12.7. The zero-order valence-electron chi connectivity index (χ0n) is 11.7. The number of halogens is 3. The predicted molar refractivity (Wildman–Crippen MR) is 74.6 cm³/mol. The van der Waals surface area contributed by atoms with Crippen molar-refractivity contribution in [1.82, 2.24) is 0 Å². The van der Waals surface area contributed by atoms with Crippen LogP contribution in [0.15, 0.2) is 18.2 Å². The van der Waals surface area contributed by atoms with Crippen molar-refractivity contribution in [1.29, 1.82) is 0 Å². The first-order chi connectivity index (χ1) is 9.41. The van der Waals surface area contributed by atoms with Crippen LogP contribution in [0.5, 0.6) is 0 Å². The van der Waals surface area contributed by atoms with Gasteiger partial charge >= 0.3 is 6.18 Å². The third-order valence-corrected chi connectivity index (χ3v) is 3.98. The van der Waals surface area contributed by atoms with Crippen LogP contribution in [0.25, 0.3) is 0 Å². The van der Waals surface area contributed by atoms with Crippen molar-refractivity contribution in [3.8, 4) is 0 Å². The van der Waals surface area contributed by atoms with Crippen LogP contribution in [0.2, 0.25) is 0 Å². The van der Waals surface area contributed by atoms with E-state index in [1.165, 1.54) is 12.5 Å². The second-order valence-corrected chi connectivity index (χ2v) is 5.57. The molecule has 0 amide bonds. The highest BCUT2D eigenvalue weighted by Crippen LogP contribution is 2.33. The molecule has 0 bridgehead atoms. The number of alkyl halides is 3. The van der Waals surface area contributed by atoms with Gasteiger partial charge < -0.3 is 10.6 Å². The number of nitrogens with two attached hydrogens (primary N) is 1. The Morgan fingerprint density at radius 1 is 1.25 bits per heavy atom. The van der Waals surface area contributed by atoms with Crippen LogP contribution in [0.4, 0.5) is 18.9 Å². The van der Waals surface area contributed by atoms with Crippen molar-refractivity contribution in [2.75, 3.05) is 18.0 Å². The zero-order chi connectivity index (χ0) is 14.8. The van der Waals surface area contributed by atoms with Crippen LogP contribution >= 0.6 is 0 Å². The van der Waals surface area contributed by atoms with Crippen LogP contribution in [0.1, 0.15) is 37.3 Å². The average molecular weight is 286 g/mol. The Morgan fingerprint density at radius 3 is 2.65 bits per heavy atom. The first-order valence-electron chi connectivity index (χ1n) is 7.07. The van der Waals surface area contributed by atoms with Gasteiger partial charge in [-0.1, -0.05) is 6.92 Å². The molecule has 0 spiro atoms. The van der Waals surface area contributed by atoms with Gasteiger partial charge in [0.05, 0.1) is 5.56 Å². The van der Waals surface area contributed by atoms with E-state index in [2.05, 4.69) is 11.8 Å². The molecule has 1 heterocycles. The molecule has 5 heteroatoms. The van der Waals surface area contributed by atoms with E-state index < -0.39 is 11.7 Å². The van der Waals surface area contributed by atoms with Gasteiger partial charge in [-0.3, -0.25) is 0 Å². The van der Waals surface area contributed by atoms with Gasteiger partial charge in [0, 0.05) is 25.3 Å². The van der Waals surface area contributed by atoms with E-state index in [1.54, 1.807) is 6.07 Å². The summed E-state index contributed by atoms with van der Waals surface area (Å²) in [6.07, 6.45) is -0.984. The van der Waals surface area contributed by atoms with Gasteiger partial charge in [-0.2, -0.15) is 13.2 Å². The quantitative estimate of drug-likeness (QED) is 0.896. The summed E-state index contributed by atoms with van der Waals surface area (Å²) < 4.78 is 38.2. The molecule has 1 aromatic rings. The number of benzene rings is 1. The molecule has 1 aliphatic rings. The molecule has 1 saturated heterocycles. The maximum Gasteiger partial charge on any atom is 0.416 e. The molecule has 0 aromatic heterocycles. The molecule has 1 aliphatic heterocycles. The summed E-state index contributed by atoms with van der Waals surface area (Å²) in [7, 11) is 0. The van der Waals surface area contributed by atoms with Crippen LogP contribution in [-0.4, -0.2) is 13.1 Å². The van der Waals surface area contributed by atoms with Crippen molar-refractivity contribution in [3.63, 3.8) is 0 Å². The smallest absolute Gasteiger partial charge is 0.371 e. The Hall–Kier alpha value is -1.23. The van der Waals surface area contributed by atoms with Crippen LogP contribution in [-0.2, 0) is 12.7 Å². The lowest BCUT2D eigenvalue weighted by Gasteiger charge is -2.26. The Labute approximate surface area is 117 Å². The third-order valence-electron chi connectivity index (χ3n) is 3.98. The van der Waals surface area contributed by atoms with Crippen LogP contribution in [0.3, 0.4) is 0 Å². The summed E-state index contributed by atoms with van der Waals surface area (Å²) in [4.78, 5) is 2.17. The van der Waals surface area contributed by atoms with E-state index >= 15 is 0 Å². The second kappa shape index (κ2) is 6.04. The Morgan fingerprint density at radius 2 is 2.00 bits per heavy atom. The number of nitrogens with zero attached hydrogens (tertiary/aromatic N) is 1. The molecule has 0 aliphatic carbocycles. The van der Waals surface area contributed by atoms with Gasteiger partial charge in [-0.25, -0.2) is 0 Å². The van der Waals surface area contributed by atoms with Crippen molar-refractivity contribution < 1.29 is 13.2 Å². The lowest BCUT2D eigenvalue weighted by atomic mass is 10.0. The monoisotopic (exact) mass is 286 g/mol. The summed E-state index contributed by atoms with van der Waals surface area (Å²) >= 11 is 0. The third kappa shape index (κ3) is 3.45. The van der Waals surface area contributed by atoms with E-state index in [4.69, 9.17) is 5.73 Å². The Balaban J connectivity index is 2.27. The van der Waals surface area contributed by atoms with Crippen LogP contribution < -0.4 is 10.6 Å². The highest BCUT2D eigenvalue weighted by molar-refractivity contribution is 5.55. The number of anilines is 1. The number of hydrogen-bond acceptors (Lipinski definition) is 2. The molecule has 112 valence electrons. The molecule has 20 heavy (non-hydrogen) atoms. The van der Waals surface area contributed by atoms with Crippen molar-refractivity contribution in [2.45, 2.75) is 38.9 Å². The fourth-order valence-electron chi connectivity index (χ4n) is 2.74. The van der Waals surface area contributed by atoms with E-state index in [1.807, 2.05) is 0 Å². The molecule has 0 saturated carbocycles. The Kier molecular flexibility index (Phi) is 4.58. The van der Waals surface area contributed by atoms with Crippen LogP contribution in [0, 0.1) is 5.92 Å². The van der Waals surface area contributed by atoms with Gasteiger partial charge in [0.25, 0.3) is 0 Å². The topological polar surface area (TPSA) is 29.3 Å². The average Bonchev–Trinajstić information content (AvgIpc) is 2.62. The van der Waals surface area contributed by atoms with Gasteiger partial charge in [-0.15, -0.1) is 0 Å². The van der Waals surface area contributed by atoms with Gasteiger partial charge in [0.2, 0.25) is 0 Å². The molecular weight excluding hydrogens is 265 g/mol. The standard InChI is InChI=1S/C15H21F3N2/c1-11-3-2-7-20(8-6-11)14-5-4-13(15(16,17)18)9-12(14)10-19/h4-5,9,11H,2-3,6-8,10,19H2,1H3. The van der Waals surface area contributed by atoms with E-state index in [0.717, 1.165) is 37.7 Å². The normalized spacial score (nSPS) is 20.9. The van der Waals surface area contributed by atoms with Crippen molar-refractivity contribution in [2.24, 2.45) is 11.7 Å². The molecule has 0 radical (unpaired) electrons. The number of rotatable bonds is 2. The van der Waals surface area contributed by atoms with E-state index in [9.17, 15) is 13.2 Å². The van der Waals surface area contributed by atoms with E-state index in [0.29, 0.717) is 11.5 Å². The summed E-state index contributed by atoms with van der Waals surface area (Å²) in [6.45, 7) is 4.13. The summed E-state index contributed by atoms with van der Waals surface area (Å²) in [5, 5.41) is 0. The molecule has 2 nitrogen and oxygen atoms in total. The van der Waals surface area contributed by atoms with E-state index in [-0.39, 0.29) is 6.54 Å². The number of hydrogen-bond donors (Lipinski definition) is 1. The lowest BCUT2D eigenvalue weighted by molar-refractivity contribution is -0.137. The van der Waals surface area contributed by atoms with Crippen molar-refractivity contribution in [3.05, 3.63) is 29.3 Å². The molecule has 1 aromatic carbocycles. The summed E-state index contributed by atoms with van der Waals surface area (Å²) in [5.74, 6) is 0.677. The minimum Gasteiger partial charge on any atom is -0.371 e. The van der Waals surface area contributed by atoms with Gasteiger partial charge in [-0.05, 0) is 48.9 Å². The molecule has 1 atom stereocenters. The first-order valence-corrected chi connectivity index (χ1v) is 7.07.